The molecule has 1 aliphatic rings. The van der Waals surface area contributed by atoms with Crippen LogP contribution in [-0.4, -0.2) is 107 Å². The van der Waals surface area contributed by atoms with E-state index in [1.807, 2.05) is 32.1 Å². The second kappa shape index (κ2) is 16.4. The molecular weight excluding hydrogens is 514 g/mol. The number of nitrogens with zero attached hydrogens (tertiary/aromatic N) is 7. The van der Waals surface area contributed by atoms with Crippen LogP contribution in [0.15, 0.2) is 44.9 Å². The number of carbonyl (C=O) groups is 1. The summed E-state index contributed by atoms with van der Waals surface area (Å²) in [7, 11) is 5.59. The van der Waals surface area contributed by atoms with Crippen LogP contribution in [-0.2, 0) is 9.53 Å². The highest BCUT2D eigenvalue weighted by Gasteiger charge is 2.23. The smallest absolute Gasteiger partial charge is 0.277 e. The van der Waals surface area contributed by atoms with Gasteiger partial charge in [-0.05, 0) is 45.7 Å². The van der Waals surface area contributed by atoms with Gasteiger partial charge in [0.1, 0.15) is 5.69 Å². The average molecular weight is 552 g/mol. The third-order valence-corrected chi connectivity index (χ3v) is 5.57. The van der Waals surface area contributed by atoms with Crippen molar-refractivity contribution >= 4 is 54.8 Å². The van der Waals surface area contributed by atoms with Gasteiger partial charge in [0.25, 0.3) is 5.91 Å². The molecule has 0 aliphatic carbocycles. The molecule has 1 aromatic heterocycles. The number of morpholine rings is 1. The predicted molar refractivity (Wildman–Crippen MR) is 161 cm³/mol. The maximum absolute atomic E-state index is 11.7. The highest BCUT2D eigenvalue weighted by molar-refractivity contribution is 6.11. The maximum atomic E-state index is 11.7. The summed E-state index contributed by atoms with van der Waals surface area (Å²) in [4.78, 5) is 37.3. The Morgan fingerprint density at radius 2 is 2.00 bits per heavy atom. The summed E-state index contributed by atoms with van der Waals surface area (Å²) >= 11 is 0. The molecule has 1 saturated heterocycles. The Morgan fingerprint density at radius 3 is 2.60 bits per heavy atom. The molecule has 2 heterocycles. The van der Waals surface area contributed by atoms with Crippen molar-refractivity contribution < 1.29 is 14.7 Å². The van der Waals surface area contributed by atoms with Gasteiger partial charge in [-0.15, -0.1) is 0 Å². The molecule has 14 nitrogen and oxygen atoms in total. The molecule has 0 atom stereocenters. The predicted octanol–water partition coefficient (Wildman–Crippen LogP) is 1.32. The van der Waals surface area contributed by atoms with E-state index in [-0.39, 0.29) is 5.57 Å². The van der Waals surface area contributed by atoms with Crippen LogP contribution >= 0.6 is 0 Å². The fraction of sp³-hybridized carbons (Fsp3) is 0.346. The lowest BCUT2D eigenvalue weighted by atomic mass is 10.1. The van der Waals surface area contributed by atoms with E-state index < -0.39 is 5.91 Å². The molecule has 1 aliphatic heterocycles. The minimum atomic E-state index is -0.744. The topological polar surface area (TPSA) is 190 Å². The van der Waals surface area contributed by atoms with Crippen molar-refractivity contribution in [2.24, 2.45) is 15.0 Å². The van der Waals surface area contributed by atoms with E-state index in [9.17, 15) is 4.79 Å². The molecule has 1 aromatic carbocycles. The normalized spacial score (nSPS) is 13.3. The first-order valence-electron chi connectivity index (χ1n) is 12.4. The molecule has 0 bridgehead atoms. The van der Waals surface area contributed by atoms with E-state index >= 15 is 0 Å². The summed E-state index contributed by atoms with van der Waals surface area (Å²) < 4.78 is 5.50. The lowest BCUT2D eigenvalue weighted by Gasteiger charge is -2.30. The van der Waals surface area contributed by atoms with E-state index in [2.05, 4.69) is 38.6 Å². The number of ether oxygens (including phenoxy) is 1. The fourth-order valence-electron chi connectivity index (χ4n) is 3.59. The van der Waals surface area contributed by atoms with Crippen molar-refractivity contribution in [1.29, 1.82) is 5.41 Å². The number of anilines is 3. The first-order valence-corrected chi connectivity index (χ1v) is 12.4. The monoisotopic (exact) mass is 551 g/mol. The lowest BCUT2D eigenvalue weighted by molar-refractivity contribution is -0.124. The molecule has 0 unspecified atom stereocenters. The molecule has 14 heteroatoms. The van der Waals surface area contributed by atoms with Crippen molar-refractivity contribution in [3.05, 3.63) is 35.5 Å². The summed E-state index contributed by atoms with van der Waals surface area (Å²) in [6.07, 6.45) is 3.69. The van der Waals surface area contributed by atoms with Crippen LogP contribution in [0, 0.1) is 5.41 Å². The van der Waals surface area contributed by atoms with Crippen molar-refractivity contribution in [3.63, 3.8) is 0 Å². The van der Waals surface area contributed by atoms with Crippen LogP contribution in [0.4, 0.5) is 23.0 Å². The summed E-state index contributed by atoms with van der Waals surface area (Å²) in [5.74, 6) is 0.876. The number of aromatic nitrogens is 2. The molecule has 0 saturated carbocycles. The number of rotatable bonds is 11. The highest BCUT2D eigenvalue weighted by atomic mass is 16.5. The number of amides is 1. The Bertz CT molecular complexity index is 1240. The van der Waals surface area contributed by atoms with E-state index in [1.54, 1.807) is 17.6 Å². The Hall–Kier alpha value is -4.53. The summed E-state index contributed by atoms with van der Waals surface area (Å²) in [5.41, 5.74) is 9.85. The summed E-state index contributed by atoms with van der Waals surface area (Å²) in [5, 5.41) is 19.2. The second-order valence-corrected chi connectivity index (χ2v) is 8.45. The van der Waals surface area contributed by atoms with Gasteiger partial charge in [0.15, 0.2) is 17.5 Å². The number of hydrogen-bond donors (Lipinski definition) is 5. The number of likely N-dealkylation sites (N-methyl/N-ethyl adjacent to an activating group) is 1. The molecule has 6 N–H and O–H groups in total. The second-order valence-electron chi connectivity index (χ2n) is 8.45. The highest BCUT2D eigenvalue weighted by Crippen LogP contribution is 2.37. The van der Waals surface area contributed by atoms with E-state index in [1.165, 1.54) is 18.6 Å². The number of nitrogen functional groups attached to an aromatic ring is 1. The zero-order valence-corrected chi connectivity index (χ0v) is 23.1. The van der Waals surface area contributed by atoms with Gasteiger partial charge < -0.3 is 31.0 Å². The molecule has 0 radical (unpaired) electrons. The van der Waals surface area contributed by atoms with E-state index in [0.29, 0.717) is 79.4 Å². The zero-order chi connectivity index (χ0) is 29.5. The zero-order valence-electron chi connectivity index (χ0n) is 23.1. The summed E-state index contributed by atoms with van der Waals surface area (Å²) in [6, 6.07) is 5.30. The van der Waals surface area contributed by atoms with Gasteiger partial charge in [-0.25, -0.2) is 15.4 Å². The Labute approximate surface area is 233 Å². The van der Waals surface area contributed by atoms with Gasteiger partial charge in [-0.3, -0.25) is 25.0 Å². The molecular formula is C26H37N11O3. The number of hydroxylamine groups is 1. The SMILES string of the molecule is C=N/C=C(\C=NCCN(C)c1nc(-c2ccc(N)c(C=N)c2)nc(N2CCOCC2)c1N=C)C(=O)NO.CNC. The number of benzene rings is 1. The molecule has 40 heavy (non-hydrogen) atoms. The minimum absolute atomic E-state index is 0.0536. The van der Waals surface area contributed by atoms with Gasteiger partial charge in [-0.2, -0.15) is 0 Å². The van der Waals surface area contributed by atoms with Crippen LogP contribution in [0.5, 0.6) is 0 Å². The third-order valence-electron chi connectivity index (χ3n) is 5.57. The van der Waals surface area contributed by atoms with Crippen LogP contribution in [0.25, 0.3) is 11.4 Å². The standard InChI is InChI=1S/C24H30N10O3.C2H7N/c1-27-14-18(24(35)32-36)15-29-6-7-33(3)22-20(28-2)23(34-8-10-37-11-9-34)31-21(30-22)16-4-5-19(26)17(12-16)13-25;1-3-2/h4-5,12-15,25,36H,1-2,6-11,26H2,3H3,(H,32,35);3H,1-2H3/b18-14+,25-13?,29-15?;. The quantitative estimate of drug-likeness (QED) is 0.0901. The van der Waals surface area contributed by atoms with Crippen molar-refractivity contribution in [1.82, 2.24) is 20.8 Å². The number of aliphatic imine (C=N–C) groups is 3. The fourth-order valence-corrected chi connectivity index (χ4v) is 3.59. The van der Waals surface area contributed by atoms with Gasteiger partial charge in [0.2, 0.25) is 0 Å². The van der Waals surface area contributed by atoms with Crippen LogP contribution in [0.1, 0.15) is 5.56 Å². The Balaban J connectivity index is 0.00000178. The Morgan fingerprint density at radius 1 is 1.30 bits per heavy atom. The van der Waals surface area contributed by atoms with Crippen molar-refractivity contribution in [2.45, 2.75) is 0 Å². The van der Waals surface area contributed by atoms with Gasteiger partial charge in [0.05, 0.1) is 25.3 Å². The van der Waals surface area contributed by atoms with Crippen LogP contribution < -0.4 is 26.3 Å². The number of nitrogens with two attached hydrogens (primary N) is 1. The van der Waals surface area contributed by atoms with Gasteiger partial charge in [0, 0.05) is 62.1 Å². The first kappa shape index (κ1) is 31.7. The van der Waals surface area contributed by atoms with Crippen molar-refractivity contribution in [3.8, 4) is 11.4 Å². The number of hydrogen-bond acceptors (Lipinski definition) is 13. The average Bonchev–Trinajstić information content (AvgIpc) is 2.98. The van der Waals surface area contributed by atoms with Gasteiger partial charge >= 0.3 is 0 Å². The third kappa shape index (κ3) is 8.49. The maximum Gasteiger partial charge on any atom is 0.277 e. The lowest BCUT2D eigenvalue weighted by Crippen LogP contribution is -2.37. The van der Waals surface area contributed by atoms with Crippen molar-refractivity contribution in [2.75, 3.05) is 76.1 Å². The molecule has 1 amide bonds. The van der Waals surface area contributed by atoms with Crippen LogP contribution in [0.2, 0.25) is 0 Å². The summed E-state index contributed by atoms with van der Waals surface area (Å²) in [6.45, 7) is 10.2. The molecule has 214 valence electrons. The molecule has 1 fully saturated rings. The molecule has 3 rings (SSSR count). The Kier molecular flexibility index (Phi) is 13.0. The first-order chi connectivity index (χ1) is 19.3. The largest absolute Gasteiger partial charge is 0.398 e. The van der Waals surface area contributed by atoms with Crippen LogP contribution in [0.3, 0.4) is 0 Å². The number of nitrogens with one attached hydrogen (secondary N) is 3. The molecule has 2 aromatic rings. The van der Waals surface area contributed by atoms with E-state index in [0.717, 1.165) is 0 Å². The van der Waals surface area contributed by atoms with E-state index in [4.69, 9.17) is 31.1 Å². The minimum Gasteiger partial charge on any atom is -0.398 e. The number of carbonyl (C=O) groups excluding carboxylic acids is 1. The molecule has 0 spiro atoms. The van der Waals surface area contributed by atoms with Gasteiger partial charge in [-0.1, -0.05) is 0 Å².